The molecule has 2 rings (SSSR count). The predicted octanol–water partition coefficient (Wildman–Crippen LogP) is 1.75. The van der Waals surface area contributed by atoms with Gasteiger partial charge in [-0.15, -0.1) is 10.2 Å². The van der Waals surface area contributed by atoms with E-state index < -0.39 is 0 Å². The molecule has 2 unspecified atom stereocenters. The molecule has 0 saturated carbocycles. The lowest BCUT2D eigenvalue weighted by molar-refractivity contribution is -0.126. The third-order valence-electron chi connectivity index (χ3n) is 3.02. The normalized spacial score (nSPS) is 30.1. The van der Waals surface area contributed by atoms with Gasteiger partial charge in [0.2, 0.25) is 11.8 Å². The fourth-order valence-corrected chi connectivity index (χ4v) is 3.73. The van der Waals surface area contributed by atoms with Gasteiger partial charge < -0.3 is 0 Å². The van der Waals surface area contributed by atoms with E-state index in [4.69, 9.17) is 0 Å². The zero-order valence-corrected chi connectivity index (χ0v) is 14.1. The molecule has 6 nitrogen and oxygen atoms in total. The van der Waals surface area contributed by atoms with Gasteiger partial charge in [-0.3, -0.25) is 19.4 Å². The molecule has 2 aliphatic rings. The molecule has 0 aromatic rings. The van der Waals surface area contributed by atoms with E-state index in [2.05, 4.69) is 16.8 Å². The molecule has 0 aromatic carbocycles. The SMILES string of the molecule is C=C(C)CN1C(=O)C(C)SC1=NN=C1SC(C)C(=O)N1C. The van der Waals surface area contributed by atoms with E-state index >= 15 is 0 Å². The van der Waals surface area contributed by atoms with Crippen LogP contribution in [0.15, 0.2) is 22.4 Å². The Kier molecular flexibility index (Phi) is 4.77. The number of thioether (sulfide) groups is 2. The van der Waals surface area contributed by atoms with E-state index in [1.54, 1.807) is 11.9 Å². The Hall–Kier alpha value is -1.28. The summed E-state index contributed by atoms with van der Waals surface area (Å²) in [6.45, 7) is 9.82. The largest absolute Gasteiger partial charge is 0.292 e. The number of carbonyl (C=O) groups excluding carboxylic acids is 2. The molecular weight excluding hydrogens is 308 g/mol. The summed E-state index contributed by atoms with van der Waals surface area (Å²) in [7, 11) is 1.68. The van der Waals surface area contributed by atoms with Crippen molar-refractivity contribution in [3.05, 3.63) is 12.2 Å². The highest BCUT2D eigenvalue weighted by Crippen LogP contribution is 2.29. The number of amides is 2. The first-order chi connectivity index (χ1) is 9.81. The van der Waals surface area contributed by atoms with Gasteiger partial charge in [0.25, 0.3) is 0 Å². The minimum Gasteiger partial charge on any atom is -0.292 e. The third kappa shape index (κ3) is 3.32. The van der Waals surface area contributed by atoms with E-state index in [9.17, 15) is 9.59 Å². The van der Waals surface area contributed by atoms with Crippen molar-refractivity contribution in [3.8, 4) is 0 Å². The quantitative estimate of drug-likeness (QED) is 0.585. The van der Waals surface area contributed by atoms with Crippen LogP contribution in [-0.2, 0) is 9.59 Å². The number of carbonyl (C=O) groups is 2. The molecule has 21 heavy (non-hydrogen) atoms. The predicted molar refractivity (Wildman–Crippen MR) is 88.3 cm³/mol. The van der Waals surface area contributed by atoms with E-state index in [1.807, 2.05) is 20.8 Å². The summed E-state index contributed by atoms with van der Waals surface area (Å²) < 4.78 is 0. The second kappa shape index (κ2) is 6.23. The lowest BCUT2D eigenvalue weighted by Gasteiger charge is -2.15. The summed E-state index contributed by atoms with van der Waals surface area (Å²) in [5, 5.41) is 9.13. The summed E-state index contributed by atoms with van der Waals surface area (Å²) >= 11 is 2.75. The van der Waals surface area contributed by atoms with Gasteiger partial charge in [-0.25, -0.2) is 0 Å². The number of hydrogen-bond acceptors (Lipinski definition) is 6. The number of nitrogens with zero attached hydrogens (tertiary/aromatic N) is 4. The Bertz CT molecular complexity index is 558. The van der Waals surface area contributed by atoms with Gasteiger partial charge in [0.15, 0.2) is 10.3 Å². The molecule has 0 N–H and O–H groups in total. The van der Waals surface area contributed by atoms with E-state index in [0.29, 0.717) is 16.9 Å². The van der Waals surface area contributed by atoms with Crippen LogP contribution in [0.3, 0.4) is 0 Å². The van der Waals surface area contributed by atoms with Crippen LogP contribution in [0.25, 0.3) is 0 Å². The Morgan fingerprint density at radius 2 is 1.67 bits per heavy atom. The standard InChI is InChI=1S/C13H18N4O2S2/c1-7(2)6-17-11(19)9(4)21-13(17)15-14-12-16(5)10(18)8(3)20-12/h8-9H,1,6H2,2-5H3. The molecule has 2 heterocycles. The van der Waals surface area contributed by atoms with Crippen molar-refractivity contribution in [2.24, 2.45) is 10.2 Å². The maximum atomic E-state index is 12.1. The van der Waals surface area contributed by atoms with Crippen molar-refractivity contribution in [1.29, 1.82) is 0 Å². The second-order valence-corrected chi connectivity index (χ2v) is 7.68. The Labute approximate surface area is 132 Å². The summed E-state index contributed by atoms with van der Waals surface area (Å²) in [5.41, 5.74) is 0.884. The van der Waals surface area contributed by atoms with E-state index in [0.717, 1.165) is 5.57 Å². The molecule has 0 spiro atoms. The highest BCUT2D eigenvalue weighted by molar-refractivity contribution is 8.16. The van der Waals surface area contributed by atoms with Crippen LogP contribution in [-0.4, -0.2) is 56.0 Å². The highest BCUT2D eigenvalue weighted by atomic mass is 32.2. The molecule has 0 aliphatic carbocycles. The van der Waals surface area contributed by atoms with E-state index in [1.165, 1.54) is 28.4 Å². The molecule has 0 aromatic heterocycles. The lowest BCUT2D eigenvalue weighted by atomic mass is 10.3. The van der Waals surface area contributed by atoms with Crippen molar-refractivity contribution in [2.75, 3.05) is 13.6 Å². The van der Waals surface area contributed by atoms with Crippen LogP contribution >= 0.6 is 23.5 Å². The first-order valence-electron chi connectivity index (χ1n) is 6.53. The van der Waals surface area contributed by atoms with Crippen LogP contribution in [0.1, 0.15) is 20.8 Å². The molecule has 2 saturated heterocycles. The van der Waals surface area contributed by atoms with Crippen molar-refractivity contribution in [1.82, 2.24) is 9.80 Å². The Morgan fingerprint density at radius 1 is 1.14 bits per heavy atom. The van der Waals surface area contributed by atoms with Crippen molar-refractivity contribution in [3.63, 3.8) is 0 Å². The zero-order chi connectivity index (χ0) is 15.7. The molecule has 2 atom stereocenters. The van der Waals surface area contributed by atoms with Gasteiger partial charge >= 0.3 is 0 Å². The fourth-order valence-electron chi connectivity index (χ4n) is 1.91. The Morgan fingerprint density at radius 3 is 2.19 bits per heavy atom. The number of hydrogen-bond donors (Lipinski definition) is 0. The first-order valence-corrected chi connectivity index (χ1v) is 8.29. The minimum atomic E-state index is -0.169. The third-order valence-corrected chi connectivity index (χ3v) is 5.21. The van der Waals surface area contributed by atoms with Gasteiger partial charge in [0, 0.05) is 13.6 Å². The molecule has 2 fully saturated rings. The van der Waals surface area contributed by atoms with Crippen molar-refractivity contribution < 1.29 is 9.59 Å². The summed E-state index contributed by atoms with van der Waals surface area (Å²) in [4.78, 5) is 26.9. The molecule has 0 bridgehead atoms. The lowest BCUT2D eigenvalue weighted by Crippen LogP contribution is -2.32. The first kappa shape index (κ1) is 16.1. The van der Waals surface area contributed by atoms with Gasteiger partial charge in [0.05, 0.1) is 10.5 Å². The van der Waals surface area contributed by atoms with Gasteiger partial charge in [-0.05, 0) is 20.8 Å². The van der Waals surface area contributed by atoms with Gasteiger partial charge in [0.1, 0.15) is 0 Å². The molecule has 114 valence electrons. The maximum absolute atomic E-state index is 12.1. The van der Waals surface area contributed by atoms with Crippen LogP contribution in [0.5, 0.6) is 0 Å². The summed E-state index contributed by atoms with van der Waals surface area (Å²) in [6.07, 6.45) is 0. The van der Waals surface area contributed by atoms with Crippen LogP contribution in [0.2, 0.25) is 0 Å². The summed E-state index contributed by atoms with van der Waals surface area (Å²) in [5.74, 6) is 0.0279. The fraction of sp³-hybridized carbons (Fsp3) is 0.538. The zero-order valence-electron chi connectivity index (χ0n) is 12.5. The van der Waals surface area contributed by atoms with Crippen LogP contribution in [0.4, 0.5) is 0 Å². The monoisotopic (exact) mass is 326 g/mol. The second-order valence-electron chi connectivity index (χ2n) is 5.06. The van der Waals surface area contributed by atoms with Crippen LogP contribution in [0, 0.1) is 0 Å². The molecule has 2 amide bonds. The molecule has 2 aliphatic heterocycles. The minimum absolute atomic E-state index is 0.0128. The van der Waals surface area contributed by atoms with Crippen LogP contribution < -0.4 is 0 Å². The van der Waals surface area contributed by atoms with Crippen molar-refractivity contribution >= 4 is 45.7 Å². The molecule has 0 radical (unpaired) electrons. The average molecular weight is 326 g/mol. The van der Waals surface area contributed by atoms with Gasteiger partial charge in [-0.1, -0.05) is 35.7 Å². The van der Waals surface area contributed by atoms with Crippen molar-refractivity contribution in [2.45, 2.75) is 31.3 Å². The topological polar surface area (TPSA) is 65.3 Å². The summed E-state index contributed by atoms with van der Waals surface area (Å²) in [6, 6.07) is 0. The molecular formula is C13H18N4O2S2. The number of amidine groups is 2. The number of rotatable bonds is 3. The van der Waals surface area contributed by atoms with E-state index in [-0.39, 0.29) is 22.3 Å². The smallest absolute Gasteiger partial charge is 0.242 e. The molecule has 8 heteroatoms. The highest BCUT2D eigenvalue weighted by Gasteiger charge is 2.36. The average Bonchev–Trinajstić information content (AvgIpc) is 2.81. The maximum Gasteiger partial charge on any atom is 0.242 e. The Balaban J connectivity index is 2.21. The van der Waals surface area contributed by atoms with Gasteiger partial charge in [-0.2, -0.15) is 0 Å².